The minimum absolute atomic E-state index is 0.122. The lowest BCUT2D eigenvalue weighted by Crippen LogP contribution is -2.37. The Hall–Kier alpha value is -2.36. The average Bonchev–Trinajstić information content (AvgIpc) is 2.58. The van der Waals surface area contributed by atoms with Crippen LogP contribution >= 0.6 is 0 Å². The number of carbonyl (C=O) groups is 1. The van der Waals surface area contributed by atoms with Gasteiger partial charge in [-0.1, -0.05) is 31.2 Å². The van der Waals surface area contributed by atoms with Crippen LogP contribution in [-0.2, 0) is 0 Å². The highest BCUT2D eigenvalue weighted by Crippen LogP contribution is 2.24. The molecule has 1 aliphatic carbocycles. The van der Waals surface area contributed by atoms with Gasteiger partial charge in [-0.3, -0.25) is 4.79 Å². The topological polar surface area (TPSA) is 51.2 Å². The molecule has 0 radical (unpaired) electrons. The first-order valence-electron chi connectivity index (χ1n) is 8.21. The van der Waals surface area contributed by atoms with Gasteiger partial charge in [0, 0.05) is 12.1 Å². The molecule has 1 fully saturated rings. The monoisotopic (exact) mass is 310 g/mol. The molecule has 2 aromatic rings. The molecular formula is C19H22N2O2. The third kappa shape index (κ3) is 4.31. The van der Waals surface area contributed by atoms with Crippen molar-refractivity contribution in [2.24, 2.45) is 5.92 Å². The number of ether oxygens (including phenoxy) is 1. The van der Waals surface area contributed by atoms with E-state index in [1.165, 1.54) is 12.8 Å². The number of benzene rings is 1. The zero-order chi connectivity index (χ0) is 16.1. The van der Waals surface area contributed by atoms with E-state index in [4.69, 9.17) is 4.74 Å². The number of aromatic nitrogens is 1. The van der Waals surface area contributed by atoms with Gasteiger partial charge in [0.25, 0.3) is 5.91 Å². The van der Waals surface area contributed by atoms with Gasteiger partial charge in [0.15, 0.2) is 0 Å². The number of rotatable bonds is 4. The van der Waals surface area contributed by atoms with E-state index in [1.54, 1.807) is 18.2 Å². The van der Waals surface area contributed by atoms with Gasteiger partial charge in [0.1, 0.15) is 11.4 Å². The molecule has 0 saturated heterocycles. The molecule has 0 unspecified atom stereocenters. The summed E-state index contributed by atoms with van der Waals surface area (Å²) in [6.07, 6.45) is 4.45. The number of para-hydroxylation sites is 1. The van der Waals surface area contributed by atoms with Gasteiger partial charge in [-0.05, 0) is 49.8 Å². The quantitative estimate of drug-likeness (QED) is 0.921. The largest absolute Gasteiger partial charge is 0.439 e. The van der Waals surface area contributed by atoms with Crippen LogP contribution in [-0.4, -0.2) is 16.9 Å². The van der Waals surface area contributed by atoms with Crippen LogP contribution in [0.4, 0.5) is 0 Å². The van der Waals surface area contributed by atoms with Gasteiger partial charge < -0.3 is 10.1 Å². The van der Waals surface area contributed by atoms with Crippen molar-refractivity contribution < 1.29 is 9.53 Å². The van der Waals surface area contributed by atoms with Gasteiger partial charge in [-0.15, -0.1) is 0 Å². The van der Waals surface area contributed by atoms with E-state index in [1.807, 2.05) is 30.3 Å². The second kappa shape index (κ2) is 7.27. The second-order valence-electron chi connectivity index (χ2n) is 6.21. The molecular weight excluding hydrogens is 288 g/mol. The second-order valence-corrected chi connectivity index (χ2v) is 6.21. The van der Waals surface area contributed by atoms with Crippen LogP contribution in [0.3, 0.4) is 0 Å². The van der Waals surface area contributed by atoms with Crippen molar-refractivity contribution in [3.8, 4) is 11.6 Å². The summed E-state index contributed by atoms with van der Waals surface area (Å²) in [5, 5.41) is 3.09. The first-order valence-corrected chi connectivity index (χ1v) is 8.21. The number of pyridine rings is 1. The molecule has 1 saturated carbocycles. The summed E-state index contributed by atoms with van der Waals surface area (Å²) in [4.78, 5) is 16.7. The first-order chi connectivity index (χ1) is 11.2. The molecule has 1 N–H and O–H groups in total. The minimum atomic E-state index is -0.122. The first kappa shape index (κ1) is 15.5. The standard InChI is InChI=1S/C19H22N2O2/c1-14-10-12-15(13-11-14)20-19(22)17-8-5-9-18(21-17)23-16-6-3-2-4-7-16/h2-9,14-15H,10-13H2,1H3,(H,20,22). The summed E-state index contributed by atoms with van der Waals surface area (Å²) >= 11 is 0. The number of hydrogen-bond acceptors (Lipinski definition) is 3. The van der Waals surface area contributed by atoms with E-state index in [0.29, 0.717) is 17.3 Å². The van der Waals surface area contributed by atoms with Gasteiger partial charge in [0.2, 0.25) is 5.88 Å². The molecule has 120 valence electrons. The maximum absolute atomic E-state index is 12.4. The van der Waals surface area contributed by atoms with Crippen LogP contribution in [0.15, 0.2) is 48.5 Å². The van der Waals surface area contributed by atoms with Gasteiger partial charge in [0.05, 0.1) is 0 Å². The normalized spacial score (nSPS) is 20.7. The summed E-state index contributed by atoms with van der Waals surface area (Å²) in [6, 6.07) is 15.0. The summed E-state index contributed by atoms with van der Waals surface area (Å²) in [6.45, 7) is 2.27. The van der Waals surface area contributed by atoms with Crippen LogP contribution in [0.1, 0.15) is 43.1 Å². The molecule has 3 rings (SSSR count). The van der Waals surface area contributed by atoms with Crippen LogP contribution in [0.2, 0.25) is 0 Å². The number of hydrogen-bond donors (Lipinski definition) is 1. The van der Waals surface area contributed by atoms with Crippen molar-refractivity contribution in [2.45, 2.75) is 38.6 Å². The number of amides is 1. The molecule has 0 bridgehead atoms. The van der Waals surface area contributed by atoms with Gasteiger partial charge >= 0.3 is 0 Å². The van der Waals surface area contributed by atoms with Crippen molar-refractivity contribution in [2.75, 3.05) is 0 Å². The molecule has 4 nitrogen and oxygen atoms in total. The Bertz CT molecular complexity index is 649. The highest BCUT2D eigenvalue weighted by Gasteiger charge is 2.20. The molecule has 23 heavy (non-hydrogen) atoms. The van der Waals surface area contributed by atoms with Gasteiger partial charge in [-0.25, -0.2) is 4.98 Å². The molecule has 1 heterocycles. The third-order valence-corrected chi connectivity index (χ3v) is 4.27. The van der Waals surface area contributed by atoms with Crippen molar-refractivity contribution in [1.82, 2.24) is 10.3 Å². The van der Waals surface area contributed by atoms with E-state index in [9.17, 15) is 4.79 Å². The lowest BCUT2D eigenvalue weighted by atomic mass is 9.87. The van der Waals surface area contributed by atoms with Crippen molar-refractivity contribution >= 4 is 5.91 Å². The molecule has 0 spiro atoms. The Balaban J connectivity index is 1.63. The van der Waals surface area contributed by atoms with E-state index >= 15 is 0 Å². The van der Waals surface area contributed by atoms with Crippen molar-refractivity contribution in [3.05, 3.63) is 54.2 Å². The molecule has 1 aromatic heterocycles. The maximum Gasteiger partial charge on any atom is 0.270 e. The fraction of sp³-hybridized carbons (Fsp3) is 0.368. The highest BCUT2D eigenvalue weighted by atomic mass is 16.5. The van der Waals surface area contributed by atoms with Gasteiger partial charge in [-0.2, -0.15) is 0 Å². The zero-order valence-corrected chi connectivity index (χ0v) is 13.4. The summed E-state index contributed by atoms with van der Waals surface area (Å²) in [5.41, 5.74) is 0.400. The number of carbonyl (C=O) groups excluding carboxylic acids is 1. The Morgan fingerprint density at radius 2 is 1.78 bits per heavy atom. The van der Waals surface area contributed by atoms with Crippen LogP contribution in [0.5, 0.6) is 11.6 Å². The molecule has 0 aliphatic heterocycles. The molecule has 0 atom stereocenters. The third-order valence-electron chi connectivity index (χ3n) is 4.27. The molecule has 4 heteroatoms. The minimum Gasteiger partial charge on any atom is -0.439 e. The van der Waals surface area contributed by atoms with Crippen LogP contribution < -0.4 is 10.1 Å². The predicted molar refractivity (Wildman–Crippen MR) is 89.6 cm³/mol. The summed E-state index contributed by atoms with van der Waals surface area (Å²) < 4.78 is 5.68. The molecule has 1 aliphatic rings. The fourth-order valence-electron chi connectivity index (χ4n) is 2.87. The Kier molecular flexibility index (Phi) is 4.91. The van der Waals surface area contributed by atoms with E-state index in [2.05, 4.69) is 17.2 Å². The lowest BCUT2D eigenvalue weighted by molar-refractivity contribution is 0.0917. The van der Waals surface area contributed by atoms with E-state index < -0.39 is 0 Å². The maximum atomic E-state index is 12.4. The smallest absolute Gasteiger partial charge is 0.270 e. The average molecular weight is 310 g/mol. The number of nitrogens with zero attached hydrogens (tertiary/aromatic N) is 1. The summed E-state index contributed by atoms with van der Waals surface area (Å²) in [7, 11) is 0. The Morgan fingerprint density at radius 3 is 2.52 bits per heavy atom. The van der Waals surface area contributed by atoms with E-state index in [-0.39, 0.29) is 11.9 Å². The van der Waals surface area contributed by atoms with Crippen LogP contribution in [0, 0.1) is 5.92 Å². The van der Waals surface area contributed by atoms with Crippen molar-refractivity contribution in [1.29, 1.82) is 0 Å². The SMILES string of the molecule is CC1CCC(NC(=O)c2cccc(Oc3ccccc3)n2)CC1. The van der Waals surface area contributed by atoms with E-state index in [0.717, 1.165) is 18.8 Å². The van der Waals surface area contributed by atoms with Crippen LogP contribution in [0.25, 0.3) is 0 Å². The summed E-state index contributed by atoms with van der Waals surface area (Å²) in [5.74, 6) is 1.78. The Labute approximate surface area is 136 Å². The predicted octanol–water partition coefficient (Wildman–Crippen LogP) is 4.18. The highest BCUT2D eigenvalue weighted by molar-refractivity contribution is 5.92. The fourth-order valence-corrected chi connectivity index (χ4v) is 2.87. The molecule has 1 aromatic carbocycles. The lowest BCUT2D eigenvalue weighted by Gasteiger charge is -2.26. The zero-order valence-electron chi connectivity index (χ0n) is 13.4. The number of nitrogens with one attached hydrogen (secondary N) is 1. The Morgan fingerprint density at radius 1 is 1.04 bits per heavy atom. The molecule has 1 amide bonds. The van der Waals surface area contributed by atoms with Crippen molar-refractivity contribution in [3.63, 3.8) is 0 Å².